The summed E-state index contributed by atoms with van der Waals surface area (Å²) in [4.78, 5) is 0. The minimum absolute atomic E-state index is 0. The Hall–Kier alpha value is 0.748. The molecule has 0 spiro atoms. The van der Waals surface area contributed by atoms with Crippen molar-refractivity contribution in [3.05, 3.63) is 24.3 Å². The average molecular weight is 751 g/mol. The normalized spacial score (nSPS) is 24.6. The Kier molecular flexibility index (Phi) is 23.1. The zero-order valence-electron chi connectivity index (χ0n) is 27.8. The first kappa shape index (κ1) is 40.9. The summed E-state index contributed by atoms with van der Waals surface area (Å²) in [6.45, 7) is 0. The predicted molar refractivity (Wildman–Crippen MR) is 190 cm³/mol. The summed E-state index contributed by atoms with van der Waals surface area (Å²) < 4.78 is 39.0. The van der Waals surface area contributed by atoms with Gasteiger partial charge in [0.2, 0.25) is 0 Å². The Morgan fingerprint density at radius 3 is 0.818 bits per heavy atom. The molecular weight excluding hydrogens is 684 g/mol. The van der Waals surface area contributed by atoms with Gasteiger partial charge < -0.3 is 17.3 Å². The van der Waals surface area contributed by atoms with Crippen LogP contribution in [0.4, 0.5) is 17.3 Å². The second-order valence-electron chi connectivity index (χ2n) is 14.3. The van der Waals surface area contributed by atoms with Crippen LogP contribution >= 0.6 is 15.8 Å². The molecule has 0 N–H and O–H groups in total. The van der Waals surface area contributed by atoms with Crippen LogP contribution in [-0.4, -0.2) is 42.2 Å². The third-order valence-corrected chi connectivity index (χ3v) is 19.4. The molecule has 5 rings (SSSR count). The number of halogens is 4. The van der Waals surface area contributed by atoms with E-state index in [-0.39, 0.29) is 35.3 Å². The molecule has 1 radical (unpaired) electrons. The molecule has 8 heteroatoms. The van der Waals surface area contributed by atoms with Gasteiger partial charge >= 0.3 is 7.25 Å². The van der Waals surface area contributed by atoms with Crippen LogP contribution in [0, 0.1) is 0 Å². The maximum atomic E-state index is 9.75. The van der Waals surface area contributed by atoms with Gasteiger partial charge in [0, 0.05) is 35.3 Å². The van der Waals surface area contributed by atoms with E-state index in [1.165, 1.54) is 48.3 Å². The number of allylic oxidation sites excluding steroid dienone is 4. The first-order valence-electron chi connectivity index (χ1n) is 18.8. The zero-order valence-corrected chi connectivity index (χ0v) is 31.5. The molecule has 0 nitrogen and oxygen atoms in total. The second kappa shape index (κ2) is 24.8. The monoisotopic (exact) mass is 750 g/mol. The van der Waals surface area contributed by atoms with Crippen molar-refractivity contribution in [3.8, 4) is 0 Å². The molecule has 0 unspecified atom stereocenters. The third-order valence-electron chi connectivity index (χ3n) is 11.0. The Labute approximate surface area is 285 Å². The quantitative estimate of drug-likeness (QED) is 0.0724. The molecule has 0 aromatic heterocycles. The summed E-state index contributed by atoms with van der Waals surface area (Å²) in [5.41, 5.74) is 4.86. The molecule has 259 valence electrons. The molecule has 4 saturated carbocycles. The van der Waals surface area contributed by atoms with Crippen molar-refractivity contribution < 1.29 is 36.7 Å². The van der Waals surface area contributed by atoms with Crippen LogP contribution in [0.25, 0.3) is 0 Å². The van der Waals surface area contributed by atoms with E-state index in [9.17, 15) is 17.3 Å². The third kappa shape index (κ3) is 18.3. The molecule has 0 amide bonds. The fraction of sp³-hybridized carbons (Fsp3) is 0.889. The zero-order chi connectivity index (χ0) is 30.6. The maximum Gasteiger partial charge on any atom is 0.673 e. The Bertz CT molecular complexity index is 631. The molecule has 4 fully saturated rings. The van der Waals surface area contributed by atoms with Crippen molar-refractivity contribution in [1.82, 2.24) is 0 Å². The van der Waals surface area contributed by atoms with Gasteiger partial charge in [0.1, 0.15) is 0 Å². The SMILES string of the molecule is C1=C\CC/C=C\CC/1.C1CCC([PH+](CCCC[PH+](C2CCCCC2)C2CCCCC2)C2CCCCC2)CC1.F[B-](F)(F)F.[Rh]. The van der Waals surface area contributed by atoms with Crippen LogP contribution in [0.3, 0.4) is 0 Å². The van der Waals surface area contributed by atoms with E-state index in [1.54, 1.807) is 154 Å². The number of hydrogen-bond acceptors (Lipinski definition) is 0. The van der Waals surface area contributed by atoms with E-state index in [0.717, 1.165) is 0 Å². The minimum atomic E-state index is -6.00. The van der Waals surface area contributed by atoms with Gasteiger partial charge in [-0.25, -0.2) is 0 Å². The van der Waals surface area contributed by atoms with Crippen LogP contribution in [0.5, 0.6) is 0 Å². The second-order valence-corrected chi connectivity index (χ2v) is 20.9. The van der Waals surface area contributed by atoms with E-state index in [0.29, 0.717) is 0 Å². The van der Waals surface area contributed by atoms with Crippen molar-refractivity contribution in [2.75, 3.05) is 12.3 Å². The van der Waals surface area contributed by atoms with E-state index in [1.807, 2.05) is 0 Å². The van der Waals surface area contributed by atoms with Crippen molar-refractivity contribution in [3.63, 3.8) is 0 Å². The Morgan fingerprint density at radius 1 is 0.409 bits per heavy atom. The first-order chi connectivity index (χ1) is 20.9. The van der Waals surface area contributed by atoms with Gasteiger partial charge in [-0.15, -0.1) is 0 Å². The summed E-state index contributed by atoms with van der Waals surface area (Å²) in [5, 5.41) is 0. The topological polar surface area (TPSA) is 0 Å². The molecule has 0 heterocycles. The van der Waals surface area contributed by atoms with Crippen LogP contribution in [0.2, 0.25) is 0 Å². The maximum absolute atomic E-state index is 9.75. The summed E-state index contributed by atoms with van der Waals surface area (Å²) in [6.07, 6.45) is 52.5. The molecule has 0 aliphatic heterocycles. The fourth-order valence-electron chi connectivity index (χ4n) is 8.89. The van der Waals surface area contributed by atoms with E-state index in [4.69, 9.17) is 0 Å². The van der Waals surface area contributed by atoms with Crippen LogP contribution < -0.4 is 0 Å². The Balaban J connectivity index is 0.000000402. The molecule has 44 heavy (non-hydrogen) atoms. The number of unbranched alkanes of at least 4 members (excludes halogenated alkanes) is 1. The van der Waals surface area contributed by atoms with Gasteiger partial charge in [0.05, 0.1) is 35.0 Å². The standard InChI is InChI=1S/C28H52P2.C8H12.BF4.Rh/c1-5-15-25(16-6-1)29(26-17-7-2-8-18-26)23-13-14-24-30(27-19-9-3-10-20-27)28-21-11-4-12-22-28;1-2-4-6-8-7-5-3-1;2-1(3,4)5;/h25-28H,1-24H2;1-2,7-8H,3-6H2;;/q;;-1;/p+2/b;2-1-,8-7-;;. The molecular formula is C36H66BF4P2Rh+. The molecule has 0 saturated heterocycles. The summed E-state index contributed by atoms with van der Waals surface area (Å²) in [6, 6.07) is 0. The van der Waals surface area contributed by atoms with Crippen LogP contribution in [0.15, 0.2) is 24.3 Å². The van der Waals surface area contributed by atoms with Gasteiger partial charge in [0.15, 0.2) is 0 Å². The molecule has 0 bridgehead atoms. The van der Waals surface area contributed by atoms with Crippen LogP contribution in [0.1, 0.15) is 167 Å². The van der Waals surface area contributed by atoms with E-state index in [2.05, 4.69) is 24.3 Å². The Morgan fingerprint density at radius 2 is 0.614 bits per heavy atom. The van der Waals surface area contributed by atoms with Crippen LogP contribution in [-0.2, 0) is 19.5 Å². The van der Waals surface area contributed by atoms with Crippen molar-refractivity contribution in [2.45, 2.75) is 190 Å². The van der Waals surface area contributed by atoms with Gasteiger partial charge in [-0.2, -0.15) is 0 Å². The van der Waals surface area contributed by atoms with Crippen molar-refractivity contribution in [2.24, 2.45) is 0 Å². The van der Waals surface area contributed by atoms with Gasteiger partial charge in [-0.1, -0.05) is 50.0 Å². The summed E-state index contributed by atoms with van der Waals surface area (Å²) in [7, 11) is -6.16. The molecule has 0 aromatic carbocycles. The van der Waals surface area contributed by atoms with Crippen molar-refractivity contribution in [1.29, 1.82) is 0 Å². The predicted octanol–water partition coefficient (Wildman–Crippen LogP) is 13.5. The average Bonchev–Trinajstić information content (AvgIpc) is 3.00. The van der Waals surface area contributed by atoms with Gasteiger partial charge in [-0.05, 0) is 141 Å². The number of rotatable bonds is 9. The first-order valence-corrected chi connectivity index (χ1v) is 22.5. The van der Waals surface area contributed by atoms with Crippen molar-refractivity contribution >= 4 is 23.1 Å². The molecule has 5 aliphatic rings. The van der Waals surface area contributed by atoms with Gasteiger partial charge in [-0.3, -0.25) is 0 Å². The smallest absolute Gasteiger partial charge is 0.418 e. The summed E-state index contributed by atoms with van der Waals surface area (Å²) in [5.74, 6) is 0. The summed E-state index contributed by atoms with van der Waals surface area (Å²) >= 11 is 0. The molecule has 5 aliphatic carbocycles. The molecule has 0 aromatic rings. The largest absolute Gasteiger partial charge is 0.673 e. The fourth-order valence-corrected chi connectivity index (χ4v) is 17.8. The minimum Gasteiger partial charge on any atom is -0.418 e. The number of hydrogen-bond donors (Lipinski definition) is 0. The van der Waals surface area contributed by atoms with E-state index < -0.39 is 7.25 Å². The van der Waals surface area contributed by atoms with E-state index >= 15 is 0 Å². The van der Waals surface area contributed by atoms with Gasteiger partial charge in [0.25, 0.3) is 0 Å². The molecule has 0 atom stereocenters.